The summed E-state index contributed by atoms with van der Waals surface area (Å²) >= 11 is 0. The van der Waals surface area contributed by atoms with E-state index in [4.69, 9.17) is 14.2 Å². The average molecular weight is 934 g/mol. The molecular weight excluding hydrogens is 835 g/mol. The van der Waals surface area contributed by atoms with Crippen molar-refractivity contribution in [3.05, 3.63) is 48.6 Å². The molecular formula is C55H99NO10. The summed E-state index contributed by atoms with van der Waals surface area (Å²) in [5.74, 6) is -0.239. The number of hydrogen-bond donors (Lipinski definition) is 6. The van der Waals surface area contributed by atoms with Gasteiger partial charge in [-0.2, -0.15) is 0 Å². The molecule has 0 aromatic rings. The van der Waals surface area contributed by atoms with E-state index in [-0.39, 0.29) is 18.5 Å². The van der Waals surface area contributed by atoms with Crippen molar-refractivity contribution in [3.63, 3.8) is 0 Å². The van der Waals surface area contributed by atoms with Crippen LogP contribution in [0.1, 0.15) is 226 Å². The van der Waals surface area contributed by atoms with E-state index in [2.05, 4.69) is 42.6 Å². The third-order valence-corrected chi connectivity index (χ3v) is 12.5. The zero-order valence-corrected chi connectivity index (χ0v) is 41.9. The number of hydrogen-bond acceptors (Lipinski definition) is 10. The van der Waals surface area contributed by atoms with Crippen LogP contribution in [-0.4, -0.2) is 100 Å². The summed E-state index contributed by atoms with van der Waals surface area (Å²) in [5, 5.41) is 54.0. The van der Waals surface area contributed by atoms with Crippen molar-refractivity contribution < 1.29 is 49.3 Å². The molecule has 1 aliphatic rings. The number of amides is 1. The lowest BCUT2D eigenvalue weighted by atomic mass is 9.99. The molecule has 0 saturated carbocycles. The molecule has 7 atom stereocenters. The van der Waals surface area contributed by atoms with Crippen molar-refractivity contribution in [3.8, 4) is 0 Å². The maximum Gasteiger partial charge on any atom is 0.305 e. The molecule has 1 fully saturated rings. The fraction of sp³-hybridized carbons (Fsp3) is 0.818. The summed E-state index contributed by atoms with van der Waals surface area (Å²) in [6.07, 6.45) is 45.1. The molecule has 66 heavy (non-hydrogen) atoms. The van der Waals surface area contributed by atoms with Crippen molar-refractivity contribution in [2.75, 3.05) is 19.8 Å². The van der Waals surface area contributed by atoms with Crippen LogP contribution >= 0.6 is 0 Å². The summed E-state index contributed by atoms with van der Waals surface area (Å²) < 4.78 is 16.6. The van der Waals surface area contributed by atoms with Crippen LogP contribution in [0.5, 0.6) is 0 Å². The summed E-state index contributed by atoms with van der Waals surface area (Å²) in [5.41, 5.74) is 0. The van der Waals surface area contributed by atoms with Crippen LogP contribution in [0.4, 0.5) is 0 Å². The Balaban J connectivity index is 2.11. The second kappa shape index (κ2) is 45.1. The first-order valence-electron chi connectivity index (χ1n) is 26.9. The van der Waals surface area contributed by atoms with E-state index >= 15 is 0 Å². The highest BCUT2D eigenvalue weighted by molar-refractivity contribution is 5.76. The topological polar surface area (TPSA) is 175 Å². The number of unbranched alkanes of at least 4 members (excludes halogenated alkanes) is 26. The first kappa shape index (κ1) is 61.6. The number of aliphatic hydroxyl groups excluding tert-OH is 5. The van der Waals surface area contributed by atoms with E-state index in [0.29, 0.717) is 25.9 Å². The van der Waals surface area contributed by atoms with Crippen molar-refractivity contribution >= 4 is 11.9 Å². The van der Waals surface area contributed by atoms with Gasteiger partial charge in [-0.25, -0.2) is 0 Å². The normalized spacial score (nSPS) is 20.0. The van der Waals surface area contributed by atoms with Crippen LogP contribution in [0.15, 0.2) is 48.6 Å². The third kappa shape index (κ3) is 34.8. The minimum Gasteiger partial charge on any atom is -0.466 e. The predicted molar refractivity (Wildman–Crippen MR) is 269 cm³/mol. The van der Waals surface area contributed by atoms with Crippen LogP contribution in [-0.2, 0) is 23.8 Å². The van der Waals surface area contributed by atoms with Gasteiger partial charge in [0.15, 0.2) is 6.29 Å². The lowest BCUT2D eigenvalue weighted by molar-refractivity contribution is -0.302. The molecule has 0 spiro atoms. The first-order chi connectivity index (χ1) is 32.2. The van der Waals surface area contributed by atoms with Crippen molar-refractivity contribution in [1.29, 1.82) is 0 Å². The van der Waals surface area contributed by atoms with E-state index in [1.165, 1.54) is 103 Å². The molecule has 384 valence electrons. The molecule has 1 amide bonds. The molecule has 1 heterocycles. The zero-order valence-electron chi connectivity index (χ0n) is 41.9. The summed E-state index contributed by atoms with van der Waals surface area (Å²) in [6, 6.07) is -0.845. The lowest BCUT2D eigenvalue weighted by Gasteiger charge is -2.40. The van der Waals surface area contributed by atoms with Gasteiger partial charge >= 0.3 is 5.97 Å². The number of ether oxygens (including phenoxy) is 3. The highest BCUT2D eigenvalue weighted by atomic mass is 16.7. The largest absolute Gasteiger partial charge is 0.466 e. The molecule has 0 aromatic carbocycles. The number of esters is 1. The fourth-order valence-electron chi connectivity index (χ4n) is 8.17. The summed E-state index contributed by atoms with van der Waals surface area (Å²) in [6.45, 7) is 4.04. The van der Waals surface area contributed by atoms with Crippen molar-refractivity contribution in [2.45, 2.75) is 269 Å². The minimum atomic E-state index is -1.59. The second-order valence-corrected chi connectivity index (χ2v) is 18.6. The number of carbonyl (C=O) groups is 2. The van der Waals surface area contributed by atoms with E-state index in [9.17, 15) is 35.1 Å². The van der Waals surface area contributed by atoms with Gasteiger partial charge in [0.2, 0.25) is 5.91 Å². The van der Waals surface area contributed by atoms with Gasteiger partial charge in [0.25, 0.3) is 0 Å². The van der Waals surface area contributed by atoms with Gasteiger partial charge in [0.1, 0.15) is 24.4 Å². The maximum absolute atomic E-state index is 12.9. The van der Waals surface area contributed by atoms with Crippen LogP contribution in [0.25, 0.3) is 0 Å². The van der Waals surface area contributed by atoms with E-state index < -0.39 is 49.5 Å². The standard InChI is InChI=1S/C55H99NO10/c1-3-5-7-9-11-13-14-19-23-27-31-35-39-43-51(60)64-44-40-36-32-28-24-21-18-16-15-17-20-22-26-30-34-38-42-50(59)56-47(48(58)41-37-33-29-25-12-10-8-6-4-2)46-65-55-54(63)53(62)52(61)49(45-57)66-55/h4,6,12,15,17,25,37,41,47-49,52-55,57-58,61-63H,3,5,7-11,13-14,16,18-24,26-36,38-40,42-46H2,1-2H3,(H,56,59)/b6-4+,17-15-,25-12+,41-37+. The van der Waals surface area contributed by atoms with Crippen LogP contribution < -0.4 is 5.32 Å². The van der Waals surface area contributed by atoms with Crippen molar-refractivity contribution in [1.82, 2.24) is 5.32 Å². The maximum atomic E-state index is 12.9. The number of carbonyl (C=O) groups excluding carboxylic acids is 2. The predicted octanol–water partition coefficient (Wildman–Crippen LogP) is 11.3. The Morgan fingerprint density at radius 1 is 0.576 bits per heavy atom. The van der Waals surface area contributed by atoms with Gasteiger partial charge in [-0.05, 0) is 77.6 Å². The SMILES string of the molecule is C/C=C/CC/C=C/CC/C=C/C(O)C(COC1OC(CO)C(O)C(O)C1O)NC(=O)CCCCCCC/C=C\CCCCCCCCCOC(=O)CCCCCCCCCCCCCCC. The molecule has 11 nitrogen and oxygen atoms in total. The van der Waals surface area contributed by atoms with Gasteiger partial charge < -0.3 is 45.1 Å². The molecule has 0 aromatic heterocycles. The van der Waals surface area contributed by atoms with E-state index in [0.717, 1.165) is 89.9 Å². The Labute approximate surface area is 402 Å². The number of aliphatic hydroxyl groups is 5. The monoisotopic (exact) mass is 934 g/mol. The minimum absolute atomic E-state index is 0.0217. The Kier molecular flexibility index (Phi) is 42.1. The average Bonchev–Trinajstić information content (AvgIpc) is 3.31. The van der Waals surface area contributed by atoms with Gasteiger partial charge in [-0.15, -0.1) is 0 Å². The lowest BCUT2D eigenvalue weighted by Crippen LogP contribution is -2.60. The Hall–Kier alpha value is -2.38. The molecule has 11 heteroatoms. The number of nitrogens with one attached hydrogen (secondary N) is 1. The summed E-state index contributed by atoms with van der Waals surface area (Å²) in [4.78, 5) is 25.0. The summed E-state index contributed by atoms with van der Waals surface area (Å²) in [7, 11) is 0. The van der Waals surface area contributed by atoms with Crippen molar-refractivity contribution in [2.24, 2.45) is 0 Å². The van der Waals surface area contributed by atoms with Crippen LogP contribution in [0.2, 0.25) is 0 Å². The van der Waals surface area contributed by atoms with E-state index in [1.54, 1.807) is 6.08 Å². The highest BCUT2D eigenvalue weighted by Gasteiger charge is 2.44. The molecule has 0 aliphatic carbocycles. The molecule has 1 aliphatic heterocycles. The quantitative estimate of drug-likeness (QED) is 0.0196. The molecule has 0 radical (unpaired) electrons. The smallest absolute Gasteiger partial charge is 0.305 e. The molecule has 1 rings (SSSR count). The zero-order chi connectivity index (χ0) is 48.1. The highest BCUT2D eigenvalue weighted by Crippen LogP contribution is 2.23. The van der Waals surface area contributed by atoms with Gasteiger partial charge in [0.05, 0.1) is 32.0 Å². The van der Waals surface area contributed by atoms with Crippen LogP contribution in [0.3, 0.4) is 0 Å². The first-order valence-corrected chi connectivity index (χ1v) is 26.9. The second-order valence-electron chi connectivity index (χ2n) is 18.6. The van der Waals surface area contributed by atoms with Gasteiger partial charge in [0, 0.05) is 12.8 Å². The fourth-order valence-corrected chi connectivity index (χ4v) is 8.17. The van der Waals surface area contributed by atoms with Gasteiger partial charge in [-0.1, -0.05) is 184 Å². The molecule has 1 saturated heterocycles. The number of allylic oxidation sites excluding steroid dienone is 7. The van der Waals surface area contributed by atoms with Gasteiger partial charge in [-0.3, -0.25) is 9.59 Å². The Morgan fingerprint density at radius 2 is 1.05 bits per heavy atom. The Bertz CT molecular complexity index is 1240. The number of rotatable bonds is 45. The molecule has 7 unspecified atom stereocenters. The Morgan fingerprint density at radius 3 is 1.59 bits per heavy atom. The molecule has 6 N–H and O–H groups in total. The third-order valence-electron chi connectivity index (χ3n) is 12.5. The molecule has 0 bridgehead atoms. The van der Waals surface area contributed by atoms with E-state index in [1.807, 2.05) is 19.1 Å². The van der Waals surface area contributed by atoms with Crippen LogP contribution in [0, 0.1) is 0 Å².